The maximum Gasteiger partial charge on any atom is 0.311 e. The number of rotatable bonds is 4. The van der Waals surface area contributed by atoms with Crippen LogP contribution in [-0.4, -0.2) is 11.1 Å². The van der Waals surface area contributed by atoms with E-state index < -0.39 is 17.7 Å². The maximum atomic E-state index is 13.1. The number of halogens is 2. The number of aliphatic carboxylic acids is 1. The Morgan fingerprint density at radius 3 is 2.45 bits per heavy atom. The van der Waals surface area contributed by atoms with Gasteiger partial charge in [0.1, 0.15) is 5.82 Å². The molecule has 0 fully saturated rings. The molecule has 0 aliphatic heterocycles. The minimum atomic E-state index is -0.908. The van der Waals surface area contributed by atoms with Gasteiger partial charge in [0.15, 0.2) is 0 Å². The highest BCUT2D eigenvalue weighted by atomic mass is 35.5. The third kappa shape index (κ3) is 3.36. The van der Waals surface area contributed by atoms with Gasteiger partial charge in [0.05, 0.1) is 10.9 Å². The van der Waals surface area contributed by atoms with Gasteiger partial charge in [0.25, 0.3) is 0 Å². The van der Waals surface area contributed by atoms with Gasteiger partial charge in [0.2, 0.25) is 0 Å². The van der Waals surface area contributed by atoms with Crippen molar-refractivity contribution in [2.24, 2.45) is 0 Å². The lowest BCUT2D eigenvalue weighted by Gasteiger charge is -2.13. The summed E-state index contributed by atoms with van der Waals surface area (Å²) in [5.41, 5.74) is 2.50. The van der Waals surface area contributed by atoms with E-state index in [1.54, 1.807) is 18.2 Å². The highest BCUT2D eigenvalue weighted by Crippen LogP contribution is 2.24. The molecule has 2 aromatic rings. The van der Waals surface area contributed by atoms with Crippen LogP contribution in [0.15, 0.2) is 42.5 Å². The first-order valence-electron chi connectivity index (χ1n) is 6.20. The number of carboxylic acid groups (broad SMARTS) is 1. The Labute approximate surface area is 121 Å². The molecule has 1 N–H and O–H groups in total. The Balaban J connectivity index is 2.27. The van der Waals surface area contributed by atoms with Gasteiger partial charge in [0, 0.05) is 0 Å². The largest absolute Gasteiger partial charge is 0.481 e. The lowest BCUT2D eigenvalue weighted by Crippen LogP contribution is -2.14. The van der Waals surface area contributed by atoms with Crippen LogP contribution in [0.2, 0.25) is 5.02 Å². The Morgan fingerprint density at radius 1 is 1.25 bits per heavy atom. The van der Waals surface area contributed by atoms with E-state index in [1.807, 2.05) is 19.1 Å². The van der Waals surface area contributed by atoms with Gasteiger partial charge in [-0.3, -0.25) is 4.79 Å². The van der Waals surface area contributed by atoms with Gasteiger partial charge in [-0.05, 0) is 36.6 Å². The standard InChI is InChI=1S/C16H14ClFO2/c1-10-2-5-12(6-3-10)13(16(19)20)8-11-4-7-15(18)14(17)9-11/h2-7,9,13H,8H2,1H3,(H,19,20). The molecule has 0 aliphatic carbocycles. The van der Waals surface area contributed by atoms with Crippen molar-refractivity contribution in [3.8, 4) is 0 Å². The van der Waals surface area contributed by atoms with E-state index in [2.05, 4.69) is 0 Å². The Bertz CT molecular complexity index is 623. The first-order valence-corrected chi connectivity index (χ1v) is 6.58. The summed E-state index contributed by atoms with van der Waals surface area (Å²) >= 11 is 5.72. The van der Waals surface area contributed by atoms with Crippen LogP contribution < -0.4 is 0 Å². The van der Waals surface area contributed by atoms with E-state index in [-0.39, 0.29) is 11.4 Å². The molecule has 0 radical (unpaired) electrons. The summed E-state index contributed by atoms with van der Waals surface area (Å²) in [4.78, 5) is 11.4. The molecule has 0 saturated heterocycles. The van der Waals surface area contributed by atoms with Gasteiger partial charge in [-0.25, -0.2) is 4.39 Å². The van der Waals surface area contributed by atoms with Crippen LogP contribution in [-0.2, 0) is 11.2 Å². The van der Waals surface area contributed by atoms with E-state index in [0.29, 0.717) is 5.56 Å². The summed E-state index contributed by atoms with van der Waals surface area (Å²) in [7, 11) is 0. The fraction of sp³-hybridized carbons (Fsp3) is 0.188. The van der Waals surface area contributed by atoms with E-state index in [0.717, 1.165) is 11.1 Å². The van der Waals surface area contributed by atoms with Crippen molar-refractivity contribution in [2.45, 2.75) is 19.3 Å². The molecule has 0 bridgehead atoms. The molecule has 4 heteroatoms. The van der Waals surface area contributed by atoms with Crippen molar-refractivity contribution in [2.75, 3.05) is 0 Å². The monoisotopic (exact) mass is 292 g/mol. The lowest BCUT2D eigenvalue weighted by molar-refractivity contribution is -0.138. The first-order chi connectivity index (χ1) is 9.47. The van der Waals surface area contributed by atoms with Crippen LogP contribution in [0.25, 0.3) is 0 Å². The van der Waals surface area contributed by atoms with Gasteiger partial charge < -0.3 is 5.11 Å². The number of hydrogen-bond acceptors (Lipinski definition) is 1. The molecule has 0 amide bonds. The van der Waals surface area contributed by atoms with E-state index in [9.17, 15) is 14.3 Å². The van der Waals surface area contributed by atoms with Crippen molar-refractivity contribution in [3.63, 3.8) is 0 Å². The number of benzene rings is 2. The second-order valence-electron chi connectivity index (χ2n) is 4.75. The molecule has 2 aromatic carbocycles. The zero-order valence-electron chi connectivity index (χ0n) is 10.9. The second kappa shape index (κ2) is 6.06. The summed E-state index contributed by atoms with van der Waals surface area (Å²) in [6.07, 6.45) is 0.276. The smallest absolute Gasteiger partial charge is 0.311 e. The quantitative estimate of drug-likeness (QED) is 0.917. The second-order valence-corrected chi connectivity index (χ2v) is 5.16. The highest BCUT2D eigenvalue weighted by molar-refractivity contribution is 6.30. The Hall–Kier alpha value is -1.87. The molecule has 2 nitrogen and oxygen atoms in total. The molecule has 0 saturated carbocycles. The first kappa shape index (κ1) is 14.5. The minimum absolute atomic E-state index is 0.00976. The van der Waals surface area contributed by atoms with Crippen molar-refractivity contribution < 1.29 is 14.3 Å². The Morgan fingerprint density at radius 2 is 1.90 bits per heavy atom. The van der Waals surface area contributed by atoms with Crippen molar-refractivity contribution in [3.05, 3.63) is 70.0 Å². The lowest BCUT2D eigenvalue weighted by atomic mass is 9.91. The van der Waals surface area contributed by atoms with Gasteiger partial charge in [-0.2, -0.15) is 0 Å². The number of hydrogen-bond donors (Lipinski definition) is 1. The third-order valence-electron chi connectivity index (χ3n) is 3.20. The zero-order valence-corrected chi connectivity index (χ0v) is 11.7. The predicted molar refractivity (Wildman–Crippen MR) is 76.7 cm³/mol. The van der Waals surface area contributed by atoms with Crippen LogP contribution >= 0.6 is 11.6 Å². The minimum Gasteiger partial charge on any atom is -0.481 e. The van der Waals surface area contributed by atoms with E-state index >= 15 is 0 Å². The number of aryl methyl sites for hydroxylation is 1. The van der Waals surface area contributed by atoms with Crippen molar-refractivity contribution >= 4 is 17.6 Å². The molecule has 1 atom stereocenters. The maximum absolute atomic E-state index is 13.1. The third-order valence-corrected chi connectivity index (χ3v) is 3.49. The van der Waals surface area contributed by atoms with Gasteiger partial charge >= 0.3 is 5.97 Å². The zero-order chi connectivity index (χ0) is 14.7. The fourth-order valence-corrected chi connectivity index (χ4v) is 2.25. The highest BCUT2D eigenvalue weighted by Gasteiger charge is 2.20. The SMILES string of the molecule is Cc1ccc(C(Cc2ccc(F)c(Cl)c2)C(=O)O)cc1. The van der Waals surface area contributed by atoms with Gasteiger partial charge in [-0.15, -0.1) is 0 Å². The normalized spacial score (nSPS) is 12.2. The molecule has 20 heavy (non-hydrogen) atoms. The molecular formula is C16H14ClFO2. The topological polar surface area (TPSA) is 37.3 Å². The van der Waals surface area contributed by atoms with Crippen LogP contribution in [0.5, 0.6) is 0 Å². The van der Waals surface area contributed by atoms with Crippen molar-refractivity contribution in [1.82, 2.24) is 0 Å². The summed E-state index contributed by atoms with van der Waals surface area (Å²) in [6, 6.07) is 11.7. The predicted octanol–water partition coefficient (Wildman–Crippen LogP) is 4.20. The van der Waals surface area contributed by atoms with E-state index in [4.69, 9.17) is 11.6 Å². The molecule has 104 valence electrons. The van der Waals surface area contributed by atoms with Crippen LogP contribution in [0.3, 0.4) is 0 Å². The molecule has 0 heterocycles. The number of carboxylic acids is 1. The van der Waals surface area contributed by atoms with Gasteiger partial charge in [-0.1, -0.05) is 47.5 Å². The summed E-state index contributed by atoms with van der Waals surface area (Å²) in [5.74, 6) is -2.08. The summed E-state index contributed by atoms with van der Waals surface area (Å²) in [6.45, 7) is 1.94. The molecule has 2 rings (SSSR count). The molecular weight excluding hydrogens is 279 g/mol. The van der Waals surface area contributed by atoms with Crippen molar-refractivity contribution in [1.29, 1.82) is 0 Å². The average Bonchev–Trinajstić information content (AvgIpc) is 2.41. The molecule has 0 aliphatic rings. The number of carbonyl (C=O) groups is 1. The van der Waals surface area contributed by atoms with Crippen LogP contribution in [0.4, 0.5) is 4.39 Å². The van der Waals surface area contributed by atoms with E-state index in [1.165, 1.54) is 12.1 Å². The summed E-state index contributed by atoms with van der Waals surface area (Å²) < 4.78 is 13.1. The molecule has 0 spiro atoms. The molecule has 1 unspecified atom stereocenters. The van der Waals surface area contributed by atoms with Crippen LogP contribution in [0, 0.1) is 12.7 Å². The summed E-state index contributed by atoms with van der Waals surface area (Å²) in [5, 5.41) is 9.38. The molecule has 0 aromatic heterocycles. The fourth-order valence-electron chi connectivity index (χ4n) is 2.05. The Kier molecular flexibility index (Phi) is 4.40. The van der Waals surface area contributed by atoms with Crippen LogP contribution in [0.1, 0.15) is 22.6 Å². The average molecular weight is 293 g/mol.